The Kier molecular flexibility index (Phi) is 7.44. The van der Waals surface area contributed by atoms with E-state index >= 15 is 0 Å². The molecule has 0 aromatic heterocycles. The Hall–Kier alpha value is -0.570. The molecule has 0 aromatic carbocycles. The zero-order chi connectivity index (χ0) is 13.5. The normalized spacial score (nSPS) is 15.4. The fourth-order valence-corrected chi connectivity index (χ4v) is 1.65. The second kappa shape index (κ2) is 7.70. The van der Waals surface area contributed by atoms with Crippen LogP contribution in [0.25, 0.3) is 0 Å². The minimum Gasteiger partial charge on any atom is -0.459 e. The lowest BCUT2D eigenvalue weighted by atomic mass is 9.98. The maximum Gasteiger partial charge on any atom is 0.320 e. The van der Waals surface area contributed by atoms with Gasteiger partial charge < -0.3 is 10.1 Å². The van der Waals surface area contributed by atoms with E-state index in [0.29, 0.717) is 18.5 Å². The number of ether oxygens (including phenoxy) is 1. The van der Waals surface area contributed by atoms with Crippen LogP contribution < -0.4 is 5.32 Å². The summed E-state index contributed by atoms with van der Waals surface area (Å²) in [5.74, 6) is 0.534. The smallest absolute Gasteiger partial charge is 0.320 e. The number of nitrogens with one attached hydrogen (secondary N) is 1. The van der Waals surface area contributed by atoms with Crippen molar-refractivity contribution in [3.8, 4) is 0 Å². The van der Waals surface area contributed by atoms with Crippen LogP contribution in [0.15, 0.2) is 0 Å². The molecule has 2 unspecified atom stereocenters. The van der Waals surface area contributed by atoms with Crippen LogP contribution >= 0.6 is 0 Å². The predicted molar refractivity (Wildman–Crippen MR) is 72.0 cm³/mol. The summed E-state index contributed by atoms with van der Waals surface area (Å²) in [7, 11) is 0. The van der Waals surface area contributed by atoms with Crippen LogP contribution in [-0.2, 0) is 9.53 Å². The van der Waals surface area contributed by atoms with Gasteiger partial charge in [-0.15, -0.1) is 0 Å². The van der Waals surface area contributed by atoms with Crippen LogP contribution in [0.3, 0.4) is 0 Å². The molecule has 0 bridgehead atoms. The average Bonchev–Trinajstić information content (AvgIpc) is 2.21. The van der Waals surface area contributed by atoms with Gasteiger partial charge in [0.1, 0.15) is 5.60 Å². The summed E-state index contributed by atoms with van der Waals surface area (Å²) in [5, 5.41) is 3.28. The maximum atomic E-state index is 11.5. The van der Waals surface area contributed by atoms with Crippen molar-refractivity contribution in [2.45, 2.75) is 72.4 Å². The van der Waals surface area contributed by atoms with Gasteiger partial charge in [-0.1, -0.05) is 27.2 Å². The third-order valence-electron chi connectivity index (χ3n) is 2.83. The Morgan fingerprint density at radius 2 is 1.82 bits per heavy atom. The number of esters is 1. The highest BCUT2D eigenvalue weighted by Crippen LogP contribution is 2.12. The van der Waals surface area contributed by atoms with E-state index in [4.69, 9.17) is 4.74 Å². The molecule has 17 heavy (non-hydrogen) atoms. The summed E-state index contributed by atoms with van der Waals surface area (Å²) in [6, 6.07) is 0.414. The fraction of sp³-hybridized carbons (Fsp3) is 0.929. The Balaban J connectivity index is 3.94. The highest BCUT2D eigenvalue weighted by atomic mass is 16.6. The highest BCUT2D eigenvalue weighted by molar-refractivity contribution is 5.72. The van der Waals surface area contributed by atoms with Gasteiger partial charge in [0.25, 0.3) is 0 Å². The molecule has 0 aliphatic heterocycles. The van der Waals surface area contributed by atoms with Gasteiger partial charge in [0, 0.05) is 6.04 Å². The van der Waals surface area contributed by atoms with E-state index < -0.39 is 5.60 Å². The predicted octanol–water partition coefficient (Wildman–Crippen LogP) is 3.13. The molecule has 102 valence electrons. The molecule has 0 aliphatic carbocycles. The van der Waals surface area contributed by atoms with Crippen LogP contribution in [0.4, 0.5) is 0 Å². The lowest BCUT2D eigenvalue weighted by Gasteiger charge is -2.23. The summed E-state index contributed by atoms with van der Waals surface area (Å²) in [6.45, 7) is 12.6. The first-order valence-corrected chi connectivity index (χ1v) is 6.73. The lowest BCUT2D eigenvalue weighted by Crippen LogP contribution is -2.37. The largest absolute Gasteiger partial charge is 0.459 e. The molecule has 0 heterocycles. The number of carbonyl (C=O) groups is 1. The Bertz CT molecular complexity index is 221. The molecule has 0 aliphatic rings. The van der Waals surface area contributed by atoms with Gasteiger partial charge in [-0.3, -0.25) is 4.79 Å². The van der Waals surface area contributed by atoms with E-state index in [-0.39, 0.29) is 5.97 Å². The number of carbonyl (C=O) groups excluding carboxylic acids is 1. The zero-order valence-electron chi connectivity index (χ0n) is 12.3. The molecule has 3 heteroatoms. The molecular formula is C14H29NO2. The quantitative estimate of drug-likeness (QED) is 0.698. The van der Waals surface area contributed by atoms with E-state index in [2.05, 4.69) is 26.1 Å². The van der Waals surface area contributed by atoms with Crippen molar-refractivity contribution in [2.75, 3.05) is 6.54 Å². The molecule has 0 fully saturated rings. The monoisotopic (exact) mass is 243 g/mol. The van der Waals surface area contributed by atoms with Gasteiger partial charge >= 0.3 is 5.97 Å². The third-order valence-corrected chi connectivity index (χ3v) is 2.83. The summed E-state index contributed by atoms with van der Waals surface area (Å²) >= 11 is 0. The third kappa shape index (κ3) is 9.16. The number of rotatable bonds is 7. The fourth-order valence-electron chi connectivity index (χ4n) is 1.65. The Morgan fingerprint density at radius 1 is 1.24 bits per heavy atom. The van der Waals surface area contributed by atoms with E-state index in [1.807, 2.05) is 20.8 Å². The maximum absolute atomic E-state index is 11.5. The molecular weight excluding hydrogens is 214 g/mol. The minimum absolute atomic E-state index is 0.167. The van der Waals surface area contributed by atoms with Crippen LogP contribution in [0.2, 0.25) is 0 Å². The van der Waals surface area contributed by atoms with Crippen molar-refractivity contribution >= 4 is 5.97 Å². The second-order valence-corrected chi connectivity index (χ2v) is 5.82. The number of hydrogen-bond donors (Lipinski definition) is 1. The van der Waals surface area contributed by atoms with Crippen molar-refractivity contribution in [1.29, 1.82) is 0 Å². The first-order chi connectivity index (χ1) is 7.78. The van der Waals surface area contributed by atoms with E-state index in [9.17, 15) is 4.79 Å². The molecule has 0 rings (SSSR count). The second-order valence-electron chi connectivity index (χ2n) is 5.82. The van der Waals surface area contributed by atoms with Crippen molar-refractivity contribution in [2.24, 2.45) is 5.92 Å². The molecule has 0 spiro atoms. The van der Waals surface area contributed by atoms with Crippen LogP contribution in [0.1, 0.15) is 60.8 Å². The van der Waals surface area contributed by atoms with Crippen molar-refractivity contribution < 1.29 is 9.53 Å². The summed E-state index contributed by atoms with van der Waals surface area (Å²) < 4.78 is 5.26. The van der Waals surface area contributed by atoms with Gasteiger partial charge in [0.15, 0.2) is 0 Å². The van der Waals surface area contributed by atoms with E-state index in [1.54, 1.807) is 0 Å². The van der Waals surface area contributed by atoms with Crippen LogP contribution in [-0.4, -0.2) is 24.2 Å². The van der Waals surface area contributed by atoms with Crippen molar-refractivity contribution in [3.05, 3.63) is 0 Å². The summed E-state index contributed by atoms with van der Waals surface area (Å²) in [6.07, 6.45) is 3.35. The van der Waals surface area contributed by atoms with Gasteiger partial charge in [0.05, 0.1) is 6.54 Å². The van der Waals surface area contributed by atoms with Crippen molar-refractivity contribution in [1.82, 2.24) is 5.32 Å². The van der Waals surface area contributed by atoms with Crippen LogP contribution in [0.5, 0.6) is 0 Å². The van der Waals surface area contributed by atoms with E-state index in [1.165, 1.54) is 6.42 Å². The minimum atomic E-state index is -0.392. The summed E-state index contributed by atoms with van der Waals surface area (Å²) in [5.41, 5.74) is -0.392. The lowest BCUT2D eigenvalue weighted by molar-refractivity contribution is -0.153. The molecule has 0 saturated carbocycles. The van der Waals surface area contributed by atoms with Gasteiger partial charge in [-0.05, 0) is 39.5 Å². The first kappa shape index (κ1) is 16.4. The van der Waals surface area contributed by atoms with Gasteiger partial charge in [0.2, 0.25) is 0 Å². The Morgan fingerprint density at radius 3 is 2.24 bits per heavy atom. The molecule has 0 saturated heterocycles. The Labute approximate surface area is 106 Å². The summed E-state index contributed by atoms with van der Waals surface area (Å²) in [4.78, 5) is 11.5. The average molecular weight is 243 g/mol. The topological polar surface area (TPSA) is 38.3 Å². The van der Waals surface area contributed by atoms with E-state index in [0.717, 1.165) is 12.8 Å². The number of hydrogen-bond acceptors (Lipinski definition) is 3. The van der Waals surface area contributed by atoms with Crippen LogP contribution in [0, 0.1) is 5.92 Å². The van der Waals surface area contributed by atoms with Crippen molar-refractivity contribution in [3.63, 3.8) is 0 Å². The SMILES string of the molecule is CCC(C)CC(CC)NCC(=O)OC(C)(C)C. The molecule has 0 radical (unpaired) electrons. The molecule has 3 nitrogen and oxygen atoms in total. The standard InChI is InChI=1S/C14H29NO2/c1-7-11(3)9-12(8-2)15-10-13(16)17-14(4,5)6/h11-12,15H,7-10H2,1-6H3. The zero-order valence-corrected chi connectivity index (χ0v) is 12.3. The molecule has 2 atom stereocenters. The molecule has 0 aromatic rings. The first-order valence-electron chi connectivity index (χ1n) is 6.73. The van der Waals surface area contributed by atoms with Gasteiger partial charge in [-0.2, -0.15) is 0 Å². The van der Waals surface area contributed by atoms with Gasteiger partial charge in [-0.25, -0.2) is 0 Å². The molecule has 1 N–H and O–H groups in total. The highest BCUT2D eigenvalue weighted by Gasteiger charge is 2.17. The molecule has 0 amide bonds.